The summed E-state index contributed by atoms with van der Waals surface area (Å²) in [6.45, 7) is 0.309. The largest absolute Gasteiger partial charge is 0.330 e. The molecule has 4 aromatic carbocycles. The highest BCUT2D eigenvalue weighted by atomic mass is 35.5. The van der Waals surface area contributed by atoms with Gasteiger partial charge in [0, 0.05) is 18.0 Å². The van der Waals surface area contributed by atoms with Gasteiger partial charge >= 0.3 is 0 Å². The number of carbonyl (C=O) groups excluding carboxylic acids is 1. The van der Waals surface area contributed by atoms with Gasteiger partial charge in [0.05, 0.1) is 12.9 Å². The number of imidazole rings is 1. The first-order valence-electron chi connectivity index (χ1n) is 7.97. The van der Waals surface area contributed by atoms with Crippen LogP contribution >= 0.6 is 12.4 Å². The molecule has 122 valence electrons. The number of ketones is 1. The second-order valence-corrected chi connectivity index (χ2v) is 6.13. The Morgan fingerprint density at radius 3 is 2.28 bits per heavy atom. The van der Waals surface area contributed by atoms with E-state index >= 15 is 0 Å². The molecule has 1 heterocycles. The maximum Gasteiger partial charge on any atom is 0.183 e. The van der Waals surface area contributed by atoms with Gasteiger partial charge in [0.15, 0.2) is 5.78 Å². The molecule has 0 fully saturated rings. The fourth-order valence-electron chi connectivity index (χ4n) is 3.61. The molecule has 25 heavy (non-hydrogen) atoms. The molecule has 1 aromatic heterocycles. The van der Waals surface area contributed by atoms with Gasteiger partial charge in [-0.3, -0.25) is 4.79 Å². The fourth-order valence-corrected chi connectivity index (χ4v) is 3.61. The molecule has 0 unspecified atom stereocenters. The Bertz CT molecular complexity index is 1180. The predicted molar refractivity (Wildman–Crippen MR) is 104 cm³/mol. The van der Waals surface area contributed by atoms with E-state index in [1.54, 1.807) is 17.1 Å². The van der Waals surface area contributed by atoms with Crippen LogP contribution in [0.25, 0.3) is 32.3 Å². The van der Waals surface area contributed by atoms with Gasteiger partial charge < -0.3 is 4.57 Å². The van der Waals surface area contributed by atoms with Crippen LogP contribution in [-0.4, -0.2) is 15.3 Å². The Morgan fingerprint density at radius 2 is 1.56 bits per heavy atom. The summed E-state index contributed by atoms with van der Waals surface area (Å²) in [7, 11) is 0. The van der Waals surface area contributed by atoms with E-state index in [-0.39, 0.29) is 18.2 Å². The zero-order valence-electron chi connectivity index (χ0n) is 13.3. The summed E-state index contributed by atoms with van der Waals surface area (Å²) in [6, 6.07) is 18.8. The molecule has 0 bridgehead atoms. The third-order valence-corrected chi connectivity index (χ3v) is 4.71. The van der Waals surface area contributed by atoms with Gasteiger partial charge in [-0.05, 0) is 32.3 Å². The number of hydrogen-bond acceptors (Lipinski definition) is 2. The van der Waals surface area contributed by atoms with Crippen LogP contribution in [0.1, 0.15) is 10.4 Å². The van der Waals surface area contributed by atoms with E-state index in [9.17, 15) is 4.79 Å². The first-order valence-corrected chi connectivity index (χ1v) is 7.97. The molecule has 0 aliphatic rings. The van der Waals surface area contributed by atoms with Crippen molar-refractivity contribution in [2.75, 3.05) is 0 Å². The van der Waals surface area contributed by atoms with E-state index < -0.39 is 0 Å². The van der Waals surface area contributed by atoms with Crippen LogP contribution in [-0.2, 0) is 6.54 Å². The molecule has 0 N–H and O–H groups in total. The van der Waals surface area contributed by atoms with E-state index in [1.807, 2.05) is 12.3 Å². The van der Waals surface area contributed by atoms with E-state index in [1.165, 1.54) is 26.9 Å². The van der Waals surface area contributed by atoms with Crippen molar-refractivity contribution < 1.29 is 4.79 Å². The van der Waals surface area contributed by atoms with Gasteiger partial charge in [0.25, 0.3) is 0 Å². The quantitative estimate of drug-likeness (QED) is 0.337. The monoisotopic (exact) mass is 346 g/mol. The molecule has 0 atom stereocenters. The first-order chi connectivity index (χ1) is 11.8. The Hall–Kier alpha value is -2.91. The molecule has 0 aliphatic heterocycles. The molecule has 0 saturated carbocycles. The van der Waals surface area contributed by atoms with Crippen LogP contribution < -0.4 is 0 Å². The third kappa shape index (κ3) is 2.36. The summed E-state index contributed by atoms with van der Waals surface area (Å²) >= 11 is 0. The van der Waals surface area contributed by atoms with Crippen molar-refractivity contribution >= 4 is 50.5 Å². The molecule has 5 rings (SSSR count). The molecule has 4 heteroatoms. The van der Waals surface area contributed by atoms with Crippen LogP contribution in [0, 0.1) is 0 Å². The zero-order chi connectivity index (χ0) is 16.1. The molecule has 0 aliphatic carbocycles. The normalized spacial score (nSPS) is 11.2. The number of aromatic nitrogens is 2. The first kappa shape index (κ1) is 15.6. The standard InChI is InChI=1S/C21H14N2O.ClH/c24-19(12-23-11-10-22-13-23)17-8-6-16-5-4-14-2-1-3-15-7-9-18(17)21(16)20(14)15;/h1-11,13H,12H2;1H. The third-order valence-electron chi connectivity index (χ3n) is 4.71. The zero-order valence-corrected chi connectivity index (χ0v) is 14.2. The lowest BCUT2D eigenvalue weighted by Gasteiger charge is -2.13. The molecule has 0 radical (unpaired) electrons. The molecular weight excluding hydrogens is 332 g/mol. The van der Waals surface area contributed by atoms with Gasteiger partial charge in [0.2, 0.25) is 0 Å². The summed E-state index contributed by atoms with van der Waals surface area (Å²) in [4.78, 5) is 16.8. The Labute approximate surface area is 150 Å². The van der Waals surface area contributed by atoms with Crippen molar-refractivity contribution in [3.8, 4) is 0 Å². The van der Waals surface area contributed by atoms with Crippen molar-refractivity contribution in [3.05, 3.63) is 78.9 Å². The number of nitrogens with zero attached hydrogens (tertiary/aromatic N) is 2. The summed E-state index contributed by atoms with van der Waals surface area (Å²) in [5.41, 5.74) is 0.773. The highest BCUT2D eigenvalue weighted by Crippen LogP contribution is 2.36. The van der Waals surface area contributed by atoms with Gasteiger partial charge in [-0.2, -0.15) is 0 Å². The molecule has 0 spiro atoms. The van der Waals surface area contributed by atoms with Crippen LogP contribution in [0.3, 0.4) is 0 Å². The SMILES string of the molecule is Cl.O=C(Cn1ccnc1)c1ccc2ccc3cccc4ccc1c2c34. The van der Waals surface area contributed by atoms with E-state index in [4.69, 9.17) is 0 Å². The van der Waals surface area contributed by atoms with Crippen LogP contribution in [0.15, 0.2) is 73.3 Å². The molecule has 3 nitrogen and oxygen atoms in total. The Morgan fingerprint density at radius 1 is 0.880 bits per heavy atom. The number of Topliss-reactive ketones (excluding diaryl/α,β-unsaturated/α-hetero) is 1. The lowest BCUT2D eigenvalue weighted by atomic mass is 9.91. The summed E-state index contributed by atoms with van der Waals surface area (Å²) in [5, 5.41) is 7.05. The maximum atomic E-state index is 12.8. The van der Waals surface area contributed by atoms with Crippen molar-refractivity contribution in [2.24, 2.45) is 0 Å². The molecule has 0 amide bonds. The smallest absolute Gasteiger partial charge is 0.183 e. The van der Waals surface area contributed by atoms with Crippen LogP contribution in [0.5, 0.6) is 0 Å². The highest BCUT2D eigenvalue weighted by molar-refractivity contribution is 6.26. The van der Waals surface area contributed by atoms with Gasteiger partial charge in [0.1, 0.15) is 0 Å². The number of rotatable bonds is 3. The second kappa shape index (κ2) is 5.87. The number of hydrogen-bond donors (Lipinski definition) is 0. The van der Waals surface area contributed by atoms with Crippen molar-refractivity contribution in [1.29, 1.82) is 0 Å². The van der Waals surface area contributed by atoms with Crippen LogP contribution in [0.4, 0.5) is 0 Å². The Kier molecular flexibility index (Phi) is 3.66. The minimum atomic E-state index is 0. The van der Waals surface area contributed by atoms with E-state index in [0.29, 0.717) is 6.54 Å². The average molecular weight is 347 g/mol. The molecular formula is C21H15ClN2O. The Balaban J connectivity index is 0.00000157. The van der Waals surface area contributed by atoms with Crippen molar-refractivity contribution in [3.63, 3.8) is 0 Å². The lowest BCUT2D eigenvalue weighted by Crippen LogP contribution is -2.09. The van der Waals surface area contributed by atoms with Crippen molar-refractivity contribution in [1.82, 2.24) is 9.55 Å². The maximum absolute atomic E-state index is 12.8. The van der Waals surface area contributed by atoms with Gasteiger partial charge in [-0.1, -0.05) is 54.6 Å². The van der Waals surface area contributed by atoms with E-state index in [2.05, 4.69) is 53.5 Å². The summed E-state index contributed by atoms with van der Waals surface area (Å²) < 4.78 is 1.81. The second-order valence-electron chi connectivity index (χ2n) is 6.13. The van der Waals surface area contributed by atoms with Crippen LogP contribution in [0.2, 0.25) is 0 Å². The molecule has 5 aromatic rings. The van der Waals surface area contributed by atoms with Crippen molar-refractivity contribution in [2.45, 2.75) is 6.54 Å². The van der Waals surface area contributed by atoms with Gasteiger partial charge in [-0.15, -0.1) is 12.4 Å². The number of carbonyl (C=O) groups is 1. The predicted octanol–water partition coefficient (Wildman–Crippen LogP) is 5.09. The van der Waals surface area contributed by atoms with Gasteiger partial charge in [-0.25, -0.2) is 4.98 Å². The number of benzene rings is 4. The highest BCUT2D eigenvalue weighted by Gasteiger charge is 2.15. The number of halogens is 1. The average Bonchev–Trinajstić information content (AvgIpc) is 3.12. The topological polar surface area (TPSA) is 34.9 Å². The fraction of sp³-hybridized carbons (Fsp3) is 0.0476. The summed E-state index contributed by atoms with van der Waals surface area (Å²) in [6.07, 6.45) is 5.18. The minimum absolute atomic E-state index is 0. The summed E-state index contributed by atoms with van der Waals surface area (Å²) in [5.74, 6) is 0.103. The minimum Gasteiger partial charge on any atom is -0.330 e. The lowest BCUT2D eigenvalue weighted by molar-refractivity contribution is 0.0974. The van der Waals surface area contributed by atoms with E-state index in [0.717, 1.165) is 10.9 Å². The molecule has 0 saturated heterocycles.